The molecule has 0 aliphatic carbocycles. The van der Waals surface area contributed by atoms with E-state index in [9.17, 15) is 9.59 Å². The number of carbonyl (C=O) groups is 2. The molecule has 6 heteroatoms. The highest BCUT2D eigenvalue weighted by Crippen LogP contribution is 2.23. The Balaban J connectivity index is 2.11. The molecule has 22 heavy (non-hydrogen) atoms. The first kappa shape index (κ1) is 16.0. The smallest absolute Gasteiger partial charge is 0.307 e. The fourth-order valence-corrected chi connectivity index (χ4v) is 2.72. The molecule has 0 saturated heterocycles. The van der Waals surface area contributed by atoms with Crippen molar-refractivity contribution in [1.29, 1.82) is 0 Å². The fraction of sp³-hybridized carbons (Fsp3) is 0.250. The second-order valence-corrected chi connectivity index (χ2v) is 5.53. The quantitative estimate of drug-likeness (QED) is 0.832. The van der Waals surface area contributed by atoms with Gasteiger partial charge in [-0.25, -0.2) is 0 Å². The Morgan fingerprint density at radius 2 is 1.91 bits per heavy atom. The van der Waals surface area contributed by atoms with E-state index in [-0.39, 0.29) is 18.3 Å². The molecule has 0 aliphatic heterocycles. The summed E-state index contributed by atoms with van der Waals surface area (Å²) in [4.78, 5) is 24.8. The van der Waals surface area contributed by atoms with Crippen LogP contribution in [0.4, 0.5) is 0 Å². The van der Waals surface area contributed by atoms with Crippen LogP contribution in [-0.4, -0.2) is 26.1 Å². The van der Waals surface area contributed by atoms with Crippen LogP contribution in [0.3, 0.4) is 0 Å². The Hall–Kier alpha value is -2.34. The van der Waals surface area contributed by atoms with Gasteiger partial charge in [-0.3, -0.25) is 9.59 Å². The van der Waals surface area contributed by atoms with Crippen LogP contribution < -0.4 is 10.1 Å². The highest BCUT2D eigenvalue weighted by molar-refractivity contribution is 7.10. The second kappa shape index (κ2) is 7.61. The minimum absolute atomic E-state index is 0.0961. The summed E-state index contributed by atoms with van der Waals surface area (Å²) in [6, 6.07) is 10.2. The van der Waals surface area contributed by atoms with E-state index in [2.05, 4.69) is 5.32 Å². The number of thiophene rings is 1. The summed E-state index contributed by atoms with van der Waals surface area (Å²) in [6.45, 7) is 0. The number of methoxy groups -OCH3 is 2. The van der Waals surface area contributed by atoms with Crippen LogP contribution in [0.5, 0.6) is 5.75 Å². The zero-order valence-corrected chi connectivity index (χ0v) is 13.2. The van der Waals surface area contributed by atoms with Crippen LogP contribution in [-0.2, 0) is 9.53 Å². The molecule has 1 heterocycles. The molecular weight excluding hydrogens is 302 g/mol. The average Bonchev–Trinajstić information content (AvgIpc) is 3.08. The lowest BCUT2D eigenvalue weighted by molar-refractivity contribution is -0.141. The molecule has 0 spiro atoms. The van der Waals surface area contributed by atoms with Crippen molar-refractivity contribution >= 4 is 23.2 Å². The van der Waals surface area contributed by atoms with Gasteiger partial charge in [0.2, 0.25) is 0 Å². The molecule has 0 unspecified atom stereocenters. The molecule has 1 atom stereocenters. The number of esters is 1. The SMILES string of the molecule is COC(=O)C[C@H](NC(=O)c1ccc(OC)cc1)c1cccs1. The summed E-state index contributed by atoms with van der Waals surface area (Å²) in [7, 11) is 2.90. The molecule has 0 aliphatic rings. The van der Waals surface area contributed by atoms with Gasteiger partial charge in [-0.2, -0.15) is 0 Å². The van der Waals surface area contributed by atoms with E-state index in [1.54, 1.807) is 31.4 Å². The molecule has 1 aromatic heterocycles. The molecule has 0 fully saturated rings. The third-order valence-corrected chi connectivity index (χ3v) is 4.13. The van der Waals surface area contributed by atoms with Gasteiger partial charge in [0.1, 0.15) is 5.75 Å². The molecular formula is C16H17NO4S. The summed E-state index contributed by atoms with van der Waals surface area (Å²) in [6.07, 6.45) is 0.0961. The standard InChI is InChI=1S/C16H17NO4S/c1-20-12-7-5-11(6-8-12)16(19)17-13(10-15(18)21-2)14-4-3-9-22-14/h3-9,13H,10H2,1-2H3,(H,17,19)/t13-/m0/s1. The van der Waals surface area contributed by atoms with E-state index in [1.165, 1.54) is 18.4 Å². The largest absolute Gasteiger partial charge is 0.497 e. The molecule has 1 N–H and O–H groups in total. The molecule has 1 amide bonds. The van der Waals surface area contributed by atoms with Crippen molar-refractivity contribution in [1.82, 2.24) is 5.32 Å². The van der Waals surface area contributed by atoms with Gasteiger partial charge in [-0.1, -0.05) is 6.07 Å². The van der Waals surface area contributed by atoms with E-state index in [0.717, 1.165) is 4.88 Å². The summed E-state index contributed by atoms with van der Waals surface area (Å²) in [5, 5.41) is 4.77. The van der Waals surface area contributed by atoms with Gasteiger partial charge >= 0.3 is 5.97 Å². The number of ether oxygens (including phenoxy) is 2. The normalized spacial score (nSPS) is 11.5. The van der Waals surface area contributed by atoms with Crippen molar-refractivity contribution in [3.8, 4) is 5.75 Å². The van der Waals surface area contributed by atoms with E-state index in [4.69, 9.17) is 9.47 Å². The van der Waals surface area contributed by atoms with Crippen molar-refractivity contribution in [2.24, 2.45) is 0 Å². The number of amides is 1. The number of benzene rings is 1. The van der Waals surface area contributed by atoms with E-state index in [1.807, 2.05) is 17.5 Å². The molecule has 0 saturated carbocycles. The van der Waals surface area contributed by atoms with Crippen LogP contribution in [0, 0.1) is 0 Å². The topological polar surface area (TPSA) is 64.6 Å². The summed E-state index contributed by atoms with van der Waals surface area (Å²) in [5.74, 6) is 0.0688. The minimum Gasteiger partial charge on any atom is -0.497 e. The predicted molar refractivity (Wildman–Crippen MR) is 84.2 cm³/mol. The van der Waals surface area contributed by atoms with Gasteiger partial charge in [0.15, 0.2) is 0 Å². The number of rotatable bonds is 6. The van der Waals surface area contributed by atoms with Gasteiger partial charge in [0.25, 0.3) is 5.91 Å². The zero-order valence-electron chi connectivity index (χ0n) is 12.4. The number of carbonyl (C=O) groups excluding carboxylic acids is 2. The van der Waals surface area contributed by atoms with Gasteiger partial charge in [-0.05, 0) is 35.7 Å². The van der Waals surface area contributed by atoms with Crippen LogP contribution in [0.2, 0.25) is 0 Å². The minimum atomic E-state index is -0.401. The summed E-state index contributed by atoms with van der Waals surface area (Å²) >= 11 is 1.48. The molecule has 116 valence electrons. The molecule has 0 bridgehead atoms. The first-order valence-electron chi connectivity index (χ1n) is 6.69. The first-order valence-corrected chi connectivity index (χ1v) is 7.57. The average molecular weight is 319 g/mol. The molecule has 0 radical (unpaired) electrons. The fourth-order valence-electron chi connectivity index (χ4n) is 1.95. The highest BCUT2D eigenvalue weighted by atomic mass is 32.1. The Kier molecular flexibility index (Phi) is 5.55. The Labute approximate surface area is 132 Å². The van der Waals surface area contributed by atoms with E-state index >= 15 is 0 Å². The van der Waals surface area contributed by atoms with Gasteiger partial charge < -0.3 is 14.8 Å². The lowest BCUT2D eigenvalue weighted by atomic mass is 10.1. The van der Waals surface area contributed by atoms with Crippen LogP contribution in [0.25, 0.3) is 0 Å². The van der Waals surface area contributed by atoms with Gasteiger partial charge in [-0.15, -0.1) is 11.3 Å². The third kappa shape index (κ3) is 4.08. The maximum absolute atomic E-state index is 12.3. The predicted octanol–water partition coefficient (Wildman–Crippen LogP) is 2.79. The van der Waals surface area contributed by atoms with Crippen molar-refractivity contribution in [2.45, 2.75) is 12.5 Å². The maximum Gasteiger partial charge on any atom is 0.307 e. The Morgan fingerprint density at radius 1 is 1.18 bits per heavy atom. The van der Waals surface area contributed by atoms with Gasteiger partial charge in [0, 0.05) is 10.4 Å². The van der Waals surface area contributed by atoms with Crippen LogP contribution in [0.15, 0.2) is 41.8 Å². The number of hydrogen-bond donors (Lipinski definition) is 1. The van der Waals surface area contributed by atoms with Crippen LogP contribution >= 0.6 is 11.3 Å². The summed E-state index contributed by atoms with van der Waals surface area (Å²) < 4.78 is 9.76. The second-order valence-electron chi connectivity index (χ2n) is 4.55. The number of hydrogen-bond acceptors (Lipinski definition) is 5. The van der Waals surface area contributed by atoms with E-state index < -0.39 is 6.04 Å². The molecule has 1 aromatic carbocycles. The highest BCUT2D eigenvalue weighted by Gasteiger charge is 2.20. The van der Waals surface area contributed by atoms with Gasteiger partial charge in [0.05, 0.1) is 26.7 Å². The molecule has 2 aromatic rings. The zero-order chi connectivity index (χ0) is 15.9. The van der Waals surface area contributed by atoms with E-state index in [0.29, 0.717) is 11.3 Å². The first-order chi connectivity index (χ1) is 10.6. The third-order valence-electron chi connectivity index (χ3n) is 3.14. The Morgan fingerprint density at radius 3 is 2.45 bits per heavy atom. The van der Waals surface area contributed by atoms with Crippen molar-refractivity contribution < 1.29 is 19.1 Å². The molecule has 2 rings (SSSR count). The Bertz CT molecular complexity index is 622. The molecule has 5 nitrogen and oxygen atoms in total. The van der Waals surface area contributed by atoms with Crippen molar-refractivity contribution in [2.75, 3.05) is 14.2 Å². The lowest BCUT2D eigenvalue weighted by Crippen LogP contribution is -2.30. The van der Waals surface area contributed by atoms with Crippen molar-refractivity contribution in [3.05, 3.63) is 52.2 Å². The summed E-state index contributed by atoms with van der Waals surface area (Å²) in [5.41, 5.74) is 0.507. The monoisotopic (exact) mass is 319 g/mol. The van der Waals surface area contributed by atoms with Crippen molar-refractivity contribution in [3.63, 3.8) is 0 Å². The number of nitrogens with one attached hydrogen (secondary N) is 1. The lowest BCUT2D eigenvalue weighted by Gasteiger charge is -2.16. The van der Waals surface area contributed by atoms with Crippen LogP contribution in [0.1, 0.15) is 27.7 Å². The maximum atomic E-state index is 12.3.